The van der Waals surface area contributed by atoms with E-state index in [0.29, 0.717) is 6.42 Å². The molecule has 110 valence electrons. The summed E-state index contributed by atoms with van der Waals surface area (Å²) >= 11 is 5.06. The summed E-state index contributed by atoms with van der Waals surface area (Å²) in [6, 6.07) is 19.8. The highest BCUT2D eigenvalue weighted by Gasteiger charge is 2.09. The second-order valence-electron chi connectivity index (χ2n) is 4.87. The molecule has 22 heavy (non-hydrogen) atoms. The molecule has 0 aliphatic carbocycles. The Morgan fingerprint density at radius 1 is 1.00 bits per heavy atom. The van der Waals surface area contributed by atoms with Crippen LogP contribution in [0.2, 0.25) is 0 Å². The van der Waals surface area contributed by atoms with Crippen LogP contribution in [0, 0.1) is 0 Å². The van der Waals surface area contributed by atoms with Crippen LogP contribution in [0.1, 0.15) is 5.56 Å². The van der Waals surface area contributed by atoms with E-state index in [2.05, 4.69) is 27.3 Å². The number of para-hydroxylation sites is 1. The van der Waals surface area contributed by atoms with E-state index in [0.717, 1.165) is 26.2 Å². The van der Waals surface area contributed by atoms with E-state index in [4.69, 9.17) is 0 Å². The average molecular weight is 372 g/mol. The minimum atomic E-state index is -0.00803. The van der Waals surface area contributed by atoms with Crippen molar-refractivity contribution in [3.8, 4) is 10.4 Å². The van der Waals surface area contributed by atoms with E-state index in [-0.39, 0.29) is 5.91 Å². The van der Waals surface area contributed by atoms with Crippen molar-refractivity contribution in [1.82, 2.24) is 0 Å². The summed E-state index contributed by atoms with van der Waals surface area (Å²) in [6.45, 7) is 0. The molecule has 0 saturated heterocycles. The quantitative estimate of drug-likeness (QED) is 0.656. The van der Waals surface area contributed by atoms with Crippen LogP contribution in [-0.2, 0) is 11.2 Å². The Balaban J connectivity index is 1.76. The largest absolute Gasteiger partial charge is 0.325 e. The highest BCUT2D eigenvalue weighted by Crippen LogP contribution is 2.31. The molecular weight excluding hydrogens is 358 g/mol. The maximum Gasteiger partial charge on any atom is 0.228 e. The van der Waals surface area contributed by atoms with Crippen LogP contribution in [-0.4, -0.2) is 5.91 Å². The molecule has 0 radical (unpaired) electrons. The van der Waals surface area contributed by atoms with Gasteiger partial charge in [0.05, 0.1) is 6.42 Å². The van der Waals surface area contributed by atoms with E-state index < -0.39 is 0 Å². The van der Waals surface area contributed by atoms with E-state index in [1.807, 2.05) is 60.0 Å². The number of rotatable bonds is 4. The molecule has 0 atom stereocenters. The second kappa shape index (κ2) is 6.90. The molecular formula is C18H14BrNOS. The zero-order valence-electron chi connectivity index (χ0n) is 11.8. The standard InChI is InChI=1S/C18H14BrNOS/c19-14-9-7-13(8-10-14)12-18(21)20-16-5-2-1-4-15(16)17-6-3-11-22-17/h1-11H,12H2,(H,20,21). The molecule has 0 bridgehead atoms. The van der Waals surface area contributed by atoms with Crippen LogP contribution in [0.3, 0.4) is 0 Å². The normalized spacial score (nSPS) is 10.4. The first-order valence-electron chi connectivity index (χ1n) is 6.89. The van der Waals surface area contributed by atoms with Crippen molar-refractivity contribution >= 4 is 38.9 Å². The van der Waals surface area contributed by atoms with E-state index in [9.17, 15) is 4.79 Å². The topological polar surface area (TPSA) is 29.1 Å². The van der Waals surface area contributed by atoms with Crippen molar-refractivity contribution in [3.05, 3.63) is 76.1 Å². The first-order chi connectivity index (χ1) is 10.7. The van der Waals surface area contributed by atoms with Gasteiger partial charge in [-0.25, -0.2) is 0 Å². The zero-order chi connectivity index (χ0) is 15.4. The summed E-state index contributed by atoms with van der Waals surface area (Å²) in [4.78, 5) is 13.4. The molecule has 0 fully saturated rings. The van der Waals surface area contributed by atoms with Crippen LogP contribution in [0.5, 0.6) is 0 Å². The lowest BCUT2D eigenvalue weighted by Gasteiger charge is -2.10. The summed E-state index contributed by atoms with van der Waals surface area (Å²) in [5.74, 6) is -0.00803. The monoisotopic (exact) mass is 371 g/mol. The van der Waals surface area contributed by atoms with E-state index >= 15 is 0 Å². The van der Waals surface area contributed by atoms with Crippen LogP contribution in [0.15, 0.2) is 70.5 Å². The predicted molar refractivity (Wildman–Crippen MR) is 96.2 cm³/mol. The highest BCUT2D eigenvalue weighted by atomic mass is 79.9. The van der Waals surface area contributed by atoms with Crippen molar-refractivity contribution in [2.75, 3.05) is 5.32 Å². The third-order valence-electron chi connectivity index (χ3n) is 3.27. The average Bonchev–Trinajstić information content (AvgIpc) is 3.04. The lowest BCUT2D eigenvalue weighted by molar-refractivity contribution is -0.115. The van der Waals surface area contributed by atoms with Gasteiger partial charge in [0.2, 0.25) is 5.91 Å². The van der Waals surface area contributed by atoms with Crippen LogP contribution < -0.4 is 5.32 Å². The summed E-state index contributed by atoms with van der Waals surface area (Å²) in [7, 11) is 0. The van der Waals surface area contributed by atoms with Gasteiger partial charge in [-0.05, 0) is 35.2 Å². The number of amides is 1. The lowest BCUT2D eigenvalue weighted by Crippen LogP contribution is -2.14. The molecule has 4 heteroatoms. The summed E-state index contributed by atoms with van der Waals surface area (Å²) in [6.07, 6.45) is 0.367. The fraction of sp³-hybridized carbons (Fsp3) is 0.0556. The van der Waals surface area contributed by atoms with Gasteiger partial charge in [-0.2, -0.15) is 0 Å². The molecule has 2 nitrogen and oxygen atoms in total. The van der Waals surface area contributed by atoms with Gasteiger partial charge < -0.3 is 5.32 Å². The molecule has 0 aliphatic rings. The molecule has 0 spiro atoms. The Labute approximate surface area is 141 Å². The predicted octanol–water partition coefficient (Wildman–Crippen LogP) is 5.36. The van der Waals surface area contributed by atoms with Crippen LogP contribution >= 0.6 is 27.3 Å². The Kier molecular flexibility index (Phi) is 4.71. The van der Waals surface area contributed by atoms with E-state index in [1.54, 1.807) is 11.3 Å². The zero-order valence-corrected chi connectivity index (χ0v) is 14.2. The molecule has 3 rings (SSSR count). The Morgan fingerprint density at radius 3 is 2.50 bits per heavy atom. The maximum absolute atomic E-state index is 12.3. The summed E-state index contributed by atoms with van der Waals surface area (Å²) < 4.78 is 1.01. The molecule has 0 aliphatic heterocycles. The number of hydrogen-bond donors (Lipinski definition) is 1. The number of thiophene rings is 1. The van der Waals surface area contributed by atoms with Gasteiger partial charge >= 0.3 is 0 Å². The molecule has 1 aromatic heterocycles. The van der Waals surface area contributed by atoms with Crippen molar-refractivity contribution < 1.29 is 4.79 Å². The van der Waals surface area contributed by atoms with Gasteiger partial charge in [-0.3, -0.25) is 4.79 Å². The first kappa shape index (κ1) is 15.0. The number of benzene rings is 2. The maximum atomic E-state index is 12.3. The smallest absolute Gasteiger partial charge is 0.228 e. The number of halogens is 1. The highest BCUT2D eigenvalue weighted by molar-refractivity contribution is 9.10. The van der Waals surface area contributed by atoms with Crippen molar-refractivity contribution in [2.24, 2.45) is 0 Å². The number of hydrogen-bond acceptors (Lipinski definition) is 2. The van der Waals surface area contributed by atoms with Gasteiger partial charge in [-0.15, -0.1) is 11.3 Å². The molecule has 0 unspecified atom stereocenters. The van der Waals surface area contributed by atoms with Gasteiger partial charge in [0.15, 0.2) is 0 Å². The minimum absolute atomic E-state index is 0.00803. The molecule has 1 N–H and O–H groups in total. The lowest BCUT2D eigenvalue weighted by atomic mass is 10.1. The van der Waals surface area contributed by atoms with E-state index in [1.165, 1.54) is 0 Å². The molecule has 2 aromatic carbocycles. The van der Waals surface area contributed by atoms with Gasteiger partial charge in [0.1, 0.15) is 0 Å². The molecule has 3 aromatic rings. The number of nitrogens with one attached hydrogen (secondary N) is 1. The van der Waals surface area contributed by atoms with Crippen LogP contribution in [0.4, 0.5) is 5.69 Å². The third kappa shape index (κ3) is 3.64. The SMILES string of the molecule is O=C(Cc1ccc(Br)cc1)Nc1ccccc1-c1cccs1. The molecule has 1 heterocycles. The van der Waals surface area contributed by atoms with Gasteiger partial charge in [0, 0.05) is 20.6 Å². The number of carbonyl (C=O) groups is 1. The fourth-order valence-electron chi connectivity index (χ4n) is 2.22. The number of carbonyl (C=O) groups excluding carboxylic acids is 1. The minimum Gasteiger partial charge on any atom is -0.325 e. The molecule has 0 saturated carbocycles. The Bertz CT molecular complexity index is 766. The Hall–Kier alpha value is -1.91. The van der Waals surface area contributed by atoms with Crippen molar-refractivity contribution in [1.29, 1.82) is 0 Å². The first-order valence-corrected chi connectivity index (χ1v) is 8.57. The van der Waals surface area contributed by atoms with Gasteiger partial charge in [0.25, 0.3) is 0 Å². The number of anilines is 1. The summed E-state index contributed by atoms with van der Waals surface area (Å²) in [5.41, 5.74) is 2.91. The fourth-order valence-corrected chi connectivity index (χ4v) is 3.25. The third-order valence-corrected chi connectivity index (χ3v) is 4.70. The Morgan fingerprint density at radius 2 is 1.77 bits per heavy atom. The second-order valence-corrected chi connectivity index (χ2v) is 6.74. The van der Waals surface area contributed by atoms with Crippen molar-refractivity contribution in [3.63, 3.8) is 0 Å². The summed E-state index contributed by atoms with van der Waals surface area (Å²) in [5, 5.41) is 5.06. The van der Waals surface area contributed by atoms with Gasteiger partial charge in [-0.1, -0.05) is 52.3 Å². The van der Waals surface area contributed by atoms with Crippen molar-refractivity contribution in [2.45, 2.75) is 6.42 Å². The molecule has 1 amide bonds. The van der Waals surface area contributed by atoms with Crippen LogP contribution in [0.25, 0.3) is 10.4 Å².